The third-order valence-electron chi connectivity index (χ3n) is 3.32. The van der Waals surface area contributed by atoms with E-state index in [-0.39, 0.29) is 18.4 Å². The minimum absolute atomic E-state index is 0. The van der Waals surface area contributed by atoms with E-state index >= 15 is 0 Å². The lowest BCUT2D eigenvalue weighted by Gasteiger charge is -2.25. The maximum absolute atomic E-state index is 12.4. The molecule has 0 rings (SSSR count). The summed E-state index contributed by atoms with van der Waals surface area (Å²) in [5.74, 6) is 1.01. The molecule has 0 saturated heterocycles. The fourth-order valence-electron chi connectivity index (χ4n) is 1.58. The van der Waals surface area contributed by atoms with Crippen molar-refractivity contribution < 1.29 is 8.42 Å². The van der Waals surface area contributed by atoms with Crippen molar-refractivity contribution >= 4 is 22.6 Å². The van der Waals surface area contributed by atoms with E-state index in [2.05, 4.69) is 37.7 Å². The maximum atomic E-state index is 12.4. The average molecular weight is 344 g/mol. The zero-order chi connectivity index (χ0) is 15.8. The van der Waals surface area contributed by atoms with Gasteiger partial charge in [-0.05, 0) is 38.6 Å². The number of nitrogens with zero attached hydrogens (tertiary/aromatic N) is 1. The van der Waals surface area contributed by atoms with Gasteiger partial charge in [0.25, 0.3) is 10.2 Å². The average Bonchev–Trinajstić information content (AvgIpc) is 2.34. The number of nitrogens with one attached hydrogen (secondary N) is 2. The van der Waals surface area contributed by atoms with Crippen molar-refractivity contribution in [3.05, 3.63) is 0 Å². The van der Waals surface area contributed by atoms with E-state index in [1.54, 1.807) is 4.31 Å². The quantitative estimate of drug-likeness (QED) is 0.605. The molecule has 0 aliphatic carbocycles. The standard InChI is InChI=1S/C14H33N3O2S.ClH/c1-12(2)7-9-17(10-8-13(3)4)20(18,19)16-11-14(5)15-6;/h12-16H,7-11H2,1-6H3;1H. The SMILES string of the molecule is CNC(C)CNS(=O)(=O)N(CCC(C)C)CCC(C)C.Cl. The van der Waals surface area contributed by atoms with Crippen molar-refractivity contribution in [2.24, 2.45) is 11.8 Å². The van der Waals surface area contributed by atoms with Crippen molar-refractivity contribution in [1.29, 1.82) is 0 Å². The summed E-state index contributed by atoms with van der Waals surface area (Å²) in [5.41, 5.74) is 0. The molecule has 0 aromatic heterocycles. The van der Waals surface area contributed by atoms with Crippen molar-refractivity contribution in [3.8, 4) is 0 Å². The van der Waals surface area contributed by atoms with Crippen molar-refractivity contribution in [2.45, 2.75) is 53.5 Å². The first-order valence-electron chi connectivity index (χ1n) is 7.61. The highest BCUT2D eigenvalue weighted by molar-refractivity contribution is 7.87. The number of hydrogen-bond acceptors (Lipinski definition) is 3. The Bertz CT molecular complexity index is 336. The molecule has 1 atom stereocenters. The molecule has 21 heavy (non-hydrogen) atoms. The maximum Gasteiger partial charge on any atom is 0.279 e. The molecular formula is C14H34ClN3O2S. The van der Waals surface area contributed by atoms with Gasteiger partial charge in [-0.1, -0.05) is 27.7 Å². The van der Waals surface area contributed by atoms with Gasteiger partial charge in [0.1, 0.15) is 0 Å². The Morgan fingerprint density at radius 1 is 0.952 bits per heavy atom. The highest BCUT2D eigenvalue weighted by atomic mass is 35.5. The Hall–Kier alpha value is 0.120. The smallest absolute Gasteiger partial charge is 0.279 e. The van der Waals surface area contributed by atoms with Crippen LogP contribution in [0.5, 0.6) is 0 Å². The van der Waals surface area contributed by atoms with Crippen LogP contribution in [0.1, 0.15) is 47.5 Å². The van der Waals surface area contributed by atoms with Gasteiger partial charge in [0, 0.05) is 25.7 Å². The first-order valence-corrected chi connectivity index (χ1v) is 9.05. The van der Waals surface area contributed by atoms with E-state index in [4.69, 9.17) is 0 Å². The van der Waals surface area contributed by atoms with Crippen LogP contribution in [0, 0.1) is 11.8 Å². The summed E-state index contributed by atoms with van der Waals surface area (Å²) in [7, 11) is -1.55. The molecule has 0 aromatic carbocycles. The molecule has 0 fully saturated rings. The zero-order valence-electron chi connectivity index (χ0n) is 14.3. The van der Waals surface area contributed by atoms with Crippen molar-refractivity contribution in [1.82, 2.24) is 14.3 Å². The van der Waals surface area contributed by atoms with Crippen LogP contribution >= 0.6 is 12.4 Å². The Labute approximate surface area is 137 Å². The molecule has 0 aliphatic heterocycles. The van der Waals surface area contributed by atoms with Gasteiger partial charge in [-0.15, -0.1) is 12.4 Å². The summed E-state index contributed by atoms with van der Waals surface area (Å²) in [5, 5.41) is 3.03. The topological polar surface area (TPSA) is 61.4 Å². The number of halogens is 1. The Kier molecular flexibility index (Phi) is 13.0. The monoisotopic (exact) mass is 343 g/mol. The van der Waals surface area contributed by atoms with Crippen LogP contribution in [-0.2, 0) is 10.2 Å². The molecule has 0 spiro atoms. The lowest BCUT2D eigenvalue weighted by atomic mass is 10.1. The van der Waals surface area contributed by atoms with Crippen molar-refractivity contribution in [3.63, 3.8) is 0 Å². The number of hydrogen-bond donors (Lipinski definition) is 2. The third kappa shape index (κ3) is 11.4. The molecule has 1 unspecified atom stereocenters. The molecule has 2 N–H and O–H groups in total. The van der Waals surface area contributed by atoms with Gasteiger partial charge >= 0.3 is 0 Å². The summed E-state index contributed by atoms with van der Waals surface area (Å²) in [6.45, 7) is 12.0. The zero-order valence-corrected chi connectivity index (χ0v) is 16.0. The van der Waals surface area contributed by atoms with E-state index in [1.165, 1.54) is 0 Å². The predicted molar refractivity (Wildman–Crippen MR) is 93.2 cm³/mol. The van der Waals surface area contributed by atoms with Crippen LogP contribution in [0.2, 0.25) is 0 Å². The second-order valence-electron chi connectivity index (χ2n) is 6.31. The molecule has 0 aromatic rings. The fourth-order valence-corrected chi connectivity index (χ4v) is 2.91. The summed E-state index contributed by atoms with van der Waals surface area (Å²) in [6, 6.07) is 0.127. The lowest BCUT2D eigenvalue weighted by Crippen LogP contribution is -2.46. The third-order valence-corrected chi connectivity index (χ3v) is 4.89. The van der Waals surface area contributed by atoms with Gasteiger partial charge in [-0.25, -0.2) is 4.72 Å². The molecular weight excluding hydrogens is 310 g/mol. The first-order chi connectivity index (χ1) is 9.19. The largest absolute Gasteiger partial charge is 0.316 e. The van der Waals surface area contributed by atoms with Crippen molar-refractivity contribution in [2.75, 3.05) is 26.7 Å². The van der Waals surface area contributed by atoms with Gasteiger partial charge < -0.3 is 5.32 Å². The Balaban J connectivity index is 0. The van der Waals surface area contributed by atoms with Crippen LogP contribution in [0.25, 0.3) is 0 Å². The number of likely N-dealkylation sites (N-methyl/N-ethyl adjacent to an activating group) is 1. The van der Waals surface area contributed by atoms with Gasteiger partial charge in [0.2, 0.25) is 0 Å². The second-order valence-corrected chi connectivity index (χ2v) is 8.06. The van der Waals surface area contributed by atoms with Crippen LogP contribution in [0.4, 0.5) is 0 Å². The van der Waals surface area contributed by atoms with Gasteiger partial charge in [-0.3, -0.25) is 0 Å². The van der Waals surface area contributed by atoms with Crippen LogP contribution in [0.3, 0.4) is 0 Å². The summed E-state index contributed by atoms with van der Waals surface area (Å²) < 4.78 is 29.0. The van der Waals surface area contributed by atoms with Crippen LogP contribution in [-0.4, -0.2) is 45.4 Å². The minimum atomic E-state index is -3.38. The fraction of sp³-hybridized carbons (Fsp3) is 1.00. The summed E-state index contributed by atoms with van der Waals surface area (Å²) >= 11 is 0. The lowest BCUT2D eigenvalue weighted by molar-refractivity contribution is 0.351. The molecule has 0 aliphatic rings. The number of rotatable bonds is 11. The van der Waals surface area contributed by atoms with E-state index in [9.17, 15) is 8.42 Å². The first kappa shape index (κ1) is 23.4. The van der Waals surface area contributed by atoms with Crippen LogP contribution < -0.4 is 10.0 Å². The molecule has 7 heteroatoms. The molecule has 0 amide bonds. The van der Waals surface area contributed by atoms with E-state index in [1.807, 2.05) is 14.0 Å². The van der Waals surface area contributed by atoms with E-state index in [0.717, 1.165) is 12.8 Å². The van der Waals surface area contributed by atoms with Gasteiger partial charge in [0.05, 0.1) is 0 Å². The second kappa shape index (κ2) is 11.7. The molecule has 0 radical (unpaired) electrons. The highest BCUT2D eigenvalue weighted by Gasteiger charge is 2.22. The van der Waals surface area contributed by atoms with E-state index < -0.39 is 10.2 Å². The minimum Gasteiger partial charge on any atom is -0.316 e. The Morgan fingerprint density at radius 2 is 1.38 bits per heavy atom. The van der Waals surface area contributed by atoms with Gasteiger partial charge in [-0.2, -0.15) is 12.7 Å². The predicted octanol–water partition coefficient (Wildman–Crippen LogP) is 2.24. The molecule has 0 heterocycles. The van der Waals surface area contributed by atoms with Gasteiger partial charge in [0.15, 0.2) is 0 Å². The molecule has 5 nitrogen and oxygen atoms in total. The Morgan fingerprint density at radius 3 is 1.71 bits per heavy atom. The normalized spacial score (nSPS) is 13.8. The summed E-state index contributed by atoms with van der Waals surface area (Å²) in [4.78, 5) is 0. The summed E-state index contributed by atoms with van der Waals surface area (Å²) in [6.07, 6.45) is 1.78. The van der Waals surface area contributed by atoms with E-state index in [0.29, 0.717) is 31.5 Å². The molecule has 130 valence electrons. The molecule has 0 saturated carbocycles. The highest BCUT2D eigenvalue weighted by Crippen LogP contribution is 2.09. The molecule has 0 bridgehead atoms. The van der Waals surface area contributed by atoms with Crippen LogP contribution in [0.15, 0.2) is 0 Å².